The van der Waals surface area contributed by atoms with Gasteiger partial charge in [0.1, 0.15) is 0 Å². The van der Waals surface area contributed by atoms with Gasteiger partial charge in [-0.3, -0.25) is 4.89 Å². The Morgan fingerprint density at radius 3 is 1.81 bits per heavy atom. The first-order valence-corrected chi connectivity index (χ1v) is 5.46. The molecule has 0 aliphatic rings. The molecule has 0 aliphatic heterocycles. The molecule has 0 fully saturated rings. The summed E-state index contributed by atoms with van der Waals surface area (Å²) >= 11 is 0. The van der Waals surface area contributed by atoms with Crippen molar-refractivity contribution in [2.45, 2.75) is 39.5 Å². The Morgan fingerprint density at radius 1 is 1.06 bits per heavy atom. The third-order valence-electron chi connectivity index (χ3n) is 2.63. The molecule has 0 heterocycles. The van der Waals surface area contributed by atoms with Crippen LogP contribution in [0.15, 0.2) is 18.2 Å². The molecule has 0 atom stereocenters. The van der Waals surface area contributed by atoms with Gasteiger partial charge in [0.2, 0.25) is 0 Å². The normalized spacial score (nSPS) is 10.9. The summed E-state index contributed by atoms with van der Waals surface area (Å²) in [7, 11) is 0. The van der Waals surface area contributed by atoms with Crippen LogP contribution in [0.4, 0.5) is 0 Å². The molecule has 0 radical (unpaired) electrons. The molecule has 0 unspecified atom stereocenters. The molecule has 0 spiro atoms. The highest BCUT2D eigenvalue weighted by Crippen LogP contribution is 2.23. The Hall–Kier alpha value is -1.35. The first-order valence-electron chi connectivity index (χ1n) is 5.46. The first-order chi connectivity index (χ1) is 7.45. The van der Waals surface area contributed by atoms with Crippen LogP contribution in [0.5, 0.6) is 0 Å². The van der Waals surface area contributed by atoms with Crippen LogP contribution in [0.25, 0.3) is 0 Å². The maximum Gasteiger partial charge on any atom is 0.372 e. The Labute approximate surface area is 96.0 Å². The van der Waals surface area contributed by atoms with Gasteiger partial charge < -0.3 is 0 Å². The van der Waals surface area contributed by atoms with Gasteiger partial charge in [-0.15, -0.1) is 0 Å². The van der Waals surface area contributed by atoms with Crippen molar-refractivity contribution in [2.24, 2.45) is 0 Å². The van der Waals surface area contributed by atoms with Crippen molar-refractivity contribution in [3.63, 3.8) is 0 Å². The maximum absolute atomic E-state index is 11.3. The molecule has 0 aromatic heterocycles. The zero-order valence-electron chi connectivity index (χ0n) is 10.2. The van der Waals surface area contributed by atoms with E-state index in [-0.39, 0.29) is 0 Å². The minimum absolute atomic E-state index is 0.337. The Bertz CT molecular complexity index is 355. The average molecular weight is 222 g/mol. The molecular formula is C13H18O3. The molecule has 0 amide bonds. The molecule has 88 valence electrons. The van der Waals surface area contributed by atoms with Gasteiger partial charge in [-0.25, -0.2) is 4.79 Å². The number of rotatable bonds is 3. The predicted molar refractivity (Wildman–Crippen MR) is 62.7 cm³/mol. The van der Waals surface area contributed by atoms with Crippen LogP contribution in [0.2, 0.25) is 0 Å². The van der Waals surface area contributed by atoms with Crippen LogP contribution < -0.4 is 0 Å². The van der Waals surface area contributed by atoms with Crippen molar-refractivity contribution in [2.75, 3.05) is 0 Å². The summed E-state index contributed by atoms with van der Waals surface area (Å²) in [6, 6.07) is 5.60. The lowest BCUT2D eigenvalue weighted by Gasteiger charge is -2.12. The summed E-state index contributed by atoms with van der Waals surface area (Å²) in [5, 5.41) is 8.40. The van der Waals surface area contributed by atoms with Crippen molar-refractivity contribution in [1.29, 1.82) is 0 Å². The Morgan fingerprint density at radius 2 is 1.50 bits per heavy atom. The fourth-order valence-corrected chi connectivity index (χ4v) is 1.51. The summed E-state index contributed by atoms with van der Waals surface area (Å²) in [5.41, 5.74) is 2.55. The largest absolute Gasteiger partial charge is 0.372 e. The number of carbonyl (C=O) groups excluding carboxylic acids is 1. The minimum atomic E-state index is -0.704. The standard InChI is InChI=1S/C13H18O3/c1-8(2)10-5-11(9(3)4)7-12(6-10)13(14)16-15/h5-9,15H,1-4H3. The van der Waals surface area contributed by atoms with Crippen molar-refractivity contribution in [3.8, 4) is 0 Å². The maximum atomic E-state index is 11.3. The minimum Gasteiger partial charge on any atom is -0.296 e. The first kappa shape index (κ1) is 12.7. The van der Waals surface area contributed by atoms with Crippen molar-refractivity contribution < 1.29 is 14.9 Å². The Balaban J connectivity index is 3.24. The van der Waals surface area contributed by atoms with Gasteiger partial charge in [-0.05, 0) is 35.1 Å². The third kappa shape index (κ3) is 2.83. The van der Waals surface area contributed by atoms with E-state index in [1.165, 1.54) is 0 Å². The second-order valence-corrected chi connectivity index (χ2v) is 4.58. The number of hydrogen-bond donors (Lipinski definition) is 1. The molecule has 0 saturated heterocycles. The zero-order valence-corrected chi connectivity index (χ0v) is 10.2. The highest BCUT2D eigenvalue weighted by Gasteiger charge is 2.13. The van der Waals surface area contributed by atoms with Crippen molar-refractivity contribution in [3.05, 3.63) is 34.9 Å². The molecule has 1 aromatic rings. The predicted octanol–water partition coefficient (Wildman–Crippen LogP) is 3.56. The quantitative estimate of drug-likeness (QED) is 0.628. The van der Waals surface area contributed by atoms with E-state index in [0.29, 0.717) is 17.4 Å². The summed E-state index contributed by atoms with van der Waals surface area (Å²) < 4.78 is 0. The summed E-state index contributed by atoms with van der Waals surface area (Å²) in [4.78, 5) is 15.1. The Kier molecular flexibility index (Phi) is 4.07. The smallest absolute Gasteiger partial charge is 0.296 e. The van der Waals surface area contributed by atoms with Crippen LogP contribution in [0.1, 0.15) is 61.0 Å². The fourth-order valence-electron chi connectivity index (χ4n) is 1.51. The molecular weight excluding hydrogens is 204 g/mol. The van der Waals surface area contributed by atoms with Gasteiger partial charge in [-0.2, -0.15) is 5.26 Å². The highest BCUT2D eigenvalue weighted by molar-refractivity contribution is 5.89. The van der Waals surface area contributed by atoms with Gasteiger partial charge >= 0.3 is 5.97 Å². The van der Waals surface area contributed by atoms with E-state index in [1.54, 1.807) is 12.1 Å². The van der Waals surface area contributed by atoms with Gasteiger partial charge in [0, 0.05) is 0 Å². The zero-order chi connectivity index (χ0) is 12.3. The van der Waals surface area contributed by atoms with E-state index in [0.717, 1.165) is 11.1 Å². The van der Waals surface area contributed by atoms with Crippen LogP contribution in [0, 0.1) is 0 Å². The molecule has 0 saturated carbocycles. The van der Waals surface area contributed by atoms with Crippen LogP contribution >= 0.6 is 0 Å². The lowest BCUT2D eigenvalue weighted by atomic mass is 9.93. The average Bonchev–Trinajstić information content (AvgIpc) is 2.27. The van der Waals surface area contributed by atoms with Crippen LogP contribution in [-0.2, 0) is 4.89 Å². The summed E-state index contributed by atoms with van der Waals surface area (Å²) in [6.07, 6.45) is 0. The van der Waals surface area contributed by atoms with Gasteiger partial charge in [0.25, 0.3) is 0 Å². The van der Waals surface area contributed by atoms with E-state index in [9.17, 15) is 4.79 Å². The molecule has 16 heavy (non-hydrogen) atoms. The van der Waals surface area contributed by atoms with Crippen LogP contribution in [-0.4, -0.2) is 11.2 Å². The molecule has 0 bridgehead atoms. The van der Waals surface area contributed by atoms with Crippen molar-refractivity contribution >= 4 is 5.97 Å². The molecule has 3 nitrogen and oxygen atoms in total. The second-order valence-electron chi connectivity index (χ2n) is 4.58. The van der Waals surface area contributed by atoms with Gasteiger partial charge in [-0.1, -0.05) is 33.8 Å². The van der Waals surface area contributed by atoms with Crippen molar-refractivity contribution in [1.82, 2.24) is 0 Å². The fraction of sp³-hybridized carbons (Fsp3) is 0.462. The van der Waals surface area contributed by atoms with E-state index in [2.05, 4.69) is 38.6 Å². The van der Waals surface area contributed by atoms with E-state index < -0.39 is 5.97 Å². The third-order valence-corrected chi connectivity index (χ3v) is 2.63. The molecule has 1 aromatic carbocycles. The number of carbonyl (C=O) groups is 1. The van der Waals surface area contributed by atoms with E-state index >= 15 is 0 Å². The monoisotopic (exact) mass is 222 g/mol. The molecule has 0 aliphatic carbocycles. The lowest BCUT2D eigenvalue weighted by molar-refractivity contribution is -0.182. The highest BCUT2D eigenvalue weighted by atomic mass is 17.1. The molecule has 1 N–H and O–H groups in total. The van der Waals surface area contributed by atoms with Crippen LogP contribution in [0.3, 0.4) is 0 Å². The summed E-state index contributed by atoms with van der Waals surface area (Å²) in [6.45, 7) is 8.25. The van der Waals surface area contributed by atoms with E-state index in [4.69, 9.17) is 5.26 Å². The summed E-state index contributed by atoms with van der Waals surface area (Å²) in [5.74, 6) is -0.0303. The van der Waals surface area contributed by atoms with Gasteiger partial charge in [0.15, 0.2) is 0 Å². The molecule has 3 heteroatoms. The SMILES string of the molecule is CC(C)c1cc(C(=O)OO)cc(C(C)C)c1. The second kappa shape index (κ2) is 5.12. The van der Waals surface area contributed by atoms with E-state index in [1.807, 2.05) is 0 Å². The lowest BCUT2D eigenvalue weighted by Crippen LogP contribution is -2.05. The number of benzene rings is 1. The van der Waals surface area contributed by atoms with Gasteiger partial charge in [0.05, 0.1) is 5.56 Å². The topological polar surface area (TPSA) is 46.5 Å². The molecule has 1 rings (SSSR count). The number of hydrogen-bond acceptors (Lipinski definition) is 3.